The summed E-state index contributed by atoms with van der Waals surface area (Å²) >= 11 is 0. The molecule has 1 saturated heterocycles. The predicted octanol–water partition coefficient (Wildman–Crippen LogP) is 0.762. The fourth-order valence-electron chi connectivity index (χ4n) is 3.99. The molecule has 2 rings (SSSR count). The largest absolute Gasteiger partial charge is 0.480 e. The third-order valence-corrected chi connectivity index (χ3v) is 8.02. The number of carboxylic acids is 1. The van der Waals surface area contributed by atoms with Crippen LogP contribution in [0.4, 0.5) is 0 Å². The minimum absolute atomic E-state index is 0.0777. The van der Waals surface area contributed by atoms with Gasteiger partial charge in [-0.3, -0.25) is 14.4 Å². The van der Waals surface area contributed by atoms with Crippen LogP contribution in [0.1, 0.15) is 51.5 Å². The molecule has 1 aliphatic heterocycles. The van der Waals surface area contributed by atoms with Crippen LogP contribution in [0.2, 0.25) is 0 Å². The Balaban J connectivity index is 2.03. The van der Waals surface area contributed by atoms with Crippen molar-refractivity contribution in [1.29, 1.82) is 0 Å². The van der Waals surface area contributed by atoms with Crippen molar-refractivity contribution in [2.45, 2.75) is 69.9 Å². The summed E-state index contributed by atoms with van der Waals surface area (Å²) in [7, 11) is -3.92. The average molecular weight is 525 g/mol. The van der Waals surface area contributed by atoms with E-state index in [0.717, 1.165) is 5.56 Å². The summed E-state index contributed by atoms with van der Waals surface area (Å²) in [6.45, 7) is 5.99. The number of hydrogen-bond acceptors (Lipinski definition) is 6. The molecule has 0 radical (unpaired) electrons. The molecule has 11 nitrogen and oxygen atoms in total. The highest BCUT2D eigenvalue weighted by Crippen LogP contribution is 2.22. The number of aliphatic carboxylic acids is 1. The van der Waals surface area contributed by atoms with Gasteiger partial charge in [0.05, 0.1) is 4.90 Å². The zero-order valence-corrected chi connectivity index (χ0v) is 21.7. The highest BCUT2D eigenvalue weighted by molar-refractivity contribution is 7.89. The predicted molar refractivity (Wildman–Crippen MR) is 132 cm³/mol. The Kier molecular flexibility index (Phi) is 10.4. The third-order valence-electron chi connectivity index (χ3n) is 6.56. The molecule has 1 aromatic rings. The Morgan fingerprint density at radius 1 is 1.14 bits per heavy atom. The van der Waals surface area contributed by atoms with E-state index in [0.29, 0.717) is 19.3 Å². The van der Waals surface area contributed by atoms with Gasteiger partial charge in [0.2, 0.25) is 27.7 Å². The van der Waals surface area contributed by atoms with E-state index in [4.69, 9.17) is 5.73 Å². The summed E-state index contributed by atoms with van der Waals surface area (Å²) < 4.78 is 28.5. The summed E-state index contributed by atoms with van der Waals surface area (Å²) in [5.41, 5.74) is 5.98. The van der Waals surface area contributed by atoms with Crippen LogP contribution in [-0.2, 0) is 29.2 Å². The standard InChI is InChI=1S/C24H36N4O7S/c1-4-16(3)21(27-36(34,35)18-7-5-15(2)6-8-18)23(31)28-13-11-17(12-14-28)22(30)26-19(24(32)33)9-10-20(25)29/h5-8,16-17,19,21,27H,4,9-14H2,1-3H3,(H2,25,29)(H,26,30)(H,32,33). The maximum Gasteiger partial charge on any atom is 0.326 e. The van der Waals surface area contributed by atoms with Gasteiger partial charge in [-0.25, -0.2) is 13.2 Å². The molecular formula is C24H36N4O7S. The number of benzene rings is 1. The topological polar surface area (TPSA) is 176 Å². The van der Waals surface area contributed by atoms with Crippen LogP contribution >= 0.6 is 0 Å². The van der Waals surface area contributed by atoms with Crippen LogP contribution in [0.25, 0.3) is 0 Å². The lowest BCUT2D eigenvalue weighted by atomic mass is 9.93. The molecular weight excluding hydrogens is 488 g/mol. The van der Waals surface area contributed by atoms with Gasteiger partial charge in [0, 0.05) is 25.4 Å². The summed E-state index contributed by atoms with van der Waals surface area (Å²) in [5.74, 6) is -3.50. The maximum absolute atomic E-state index is 13.3. The molecule has 1 aliphatic rings. The quantitative estimate of drug-likeness (QED) is 0.312. The first kappa shape index (κ1) is 29.2. The van der Waals surface area contributed by atoms with Gasteiger partial charge in [-0.1, -0.05) is 38.0 Å². The first-order chi connectivity index (χ1) is 16.9. The Morgan fingerprint density at radius 2 is 1.72 bits per heavy atom. The smallest absolute Gasteiger partial charge is 0.326 e. The Hall–Kier alpha value is -2.99. The van der Waals surface area contributed by atoms with Gasteiger partial charge in [0.1, 0.15) is 12.1 Å². The summed E-state index contributed by atoms with van der Waals surface area (Å²) in [6, 6.07) is 4.18. The van der Waals surface area contributed by atoms with Crippen LogP contribution in [0.15, 0.2) is 29.2 Å². The van der Waals surface area contributed by atoms with E-state index in [1.165, 1.54) is 12.1 Å². The van der Waals surface area contributed by atoms with E-state index in [9.17, 15) is 32.7 Å². The SMILES string of the molecule is CCC(C)C(NS(=O)(=O)c1ccc(C)cc1)C(=O)N1CCC(C(=O)NC(CCC(N)=O)C(=O)O)CC1. The van der Waals surface area contributed by atoms with Crippen molar-refractivity contribution in [2.24, 2.45) is 17.6 Å². The normalized spacial score (nSPS) is 17.1. The molecule has 0 spiro atoms. The van der Waals surface area contributed by atoms with Crippen LogP contribution in [-0.4, -0.2) is 67.3 Å². The number of piperidine rings is 1. The van der Waals surface area contributed by atoms with E-state index in [1.54, 1.807) is 24.0 Å². The number of likely N-dealkylation sites (tertiary alicyclic amines) is 1. The van der Waals surface area contributed by atoms with Crippen LogP contribution in [0, 0.1) is 18.8 Å². The lowest BCUT2D eigenvalue weighted by Crippen LogP contribution is -2.54. The van der Waals surface area contributed by atoms with Gasteiger partial charge in [-0.2, -0.15) is 4.72 Å². The number of carbonyl (C=O) groups excluding carboxylic acids is 3. The van der Waals surface area contributed by atoms with E-state index >= 15 is 0 Å². The molecule has 1 heterocycles. The average Bonchev–Trinajstić information content (AvgIpc) is 2.84. The van der Waals surface area contributed by atoms with Gasteiger partial charge >= 0.3 is 5.97 Å². The minimum atomic E-state index is -3.92. The number of nitrogens with zero attached hydrogens (tertiary/aromatic N) is 1. The number of hydrogen-bond donors (Lipinski definition) is 4. The number of sulfonamides is 1. The molecule has 0 aliphatic carbocycles. The third kappa shape index (κ3) is 8.02. The number of amides is 3. The molecule has 0 bridgehead atoms. The van der Waals surface area contributed by atoms with Crippen molar-refractivity contribution in [3.8, 4) is 0 Å². The maximum atomic E-state index is 13.3. The molecule has 200 valence electrons. The Bertz CT molecular complexity index is 1050. The second-order valence-electron chi connectivity index (χ2n) is 9.30. The molecule has 3 atom stereocenters. The number of rotatable bonds is 12. The van der Waals surface area contributed by atoms with E-state index in [2.05, 4.69) is 10.0 Å². The van der Waals surface area contributed by atoms with Gasteiger partial charge in [0.15, 0.2) is 0 Å². The molecule has 3 unspecified atom stereocenters. The number of carbonyl (C=O) groups is 4. The molecule has 0 aromatic heterocycles. The number of aryl methyl sites for hydroxylation is 1. The Labute approximate surface area is 211 Å². The number of primary amides is 1. The van der Waals surface area contributed by atoms with Crippen molar-refractivity contribution < 1.29 is 32.7 Å². The number of nitrogens with two attached hydrogens (primary N) is 1. The van der Waals surface area contributed by atoms with Crippen molar-refractivity contribution in [1.82, 2.24) is 14.9 Å². The zero-order valence-electron chi connectivity index (χ0n) is 20.9. The highest BCUT2D eigenvalue weighted by atomic mass is 32.2. The lowest BCUT2D eigenvalue weighted by Gasteiger charge is -2.35. The molecule has 36 heavy (non-hydrogen) atoms. The monoisotopic (exact) mass is 524 g/mol. The van der Waals surface area contributed by atoms with Crippen molar-refractivity contribution >= 4 is 33.7 Å². The number of carboxylic acid groups (broad SMARTS) is 1. The molecule has 1 fully saturated rings. The molecule has 5 N–H and O–H groups in total. The van der Waals surface area contributed by atoms with Gasteiger partial charge in [0.25, 0.3) is 0 Å². The van der Waals surface area contributed by atoms with Crippen molar-refractivity contribution in [3.63, 3.8) is 0 Å². The Morgan fingerprint density at radius 3 is 2.22 bits per heavy atom. The van der Waals surface area contributed by atoms with E-state index in [1.807, 2.05) is 13.8 Å². The highest BCUT2D eigenvalue weighted by Gasteiger charge is 2.36. The van der Waals surface area contributed by atoms with Crippen LogP contribution in [0.3, 0.4) is 0 Å². The summed E-state index contributed by atoms with van der Waals surface area (Å²) in [5, 5.41) is 11.7. The fraction of sp³-hybridized carbons (Fsp3) is 0.583. The van der Waals surface area contributed by atoms with Crippen LogP contribution < -0.4 is 15.8 Å². The molecule has 3 amide bonds. The van der Waals surface area contributed by atoms with E-state index in [-0.39, 0.29) is 42.7 Å². The van der Waals surface area contributed by atoms with Crippen molar-refractivity contribution in [2.75, 3.05) is 13.1 Å². The molecule has 1 aromatic carbocycles. The zero-order chi connectivity index (χ0) is 27.0. The first-order valence-corrected chi connectivity index (χ1v) is 13.5. The number of nitrogens with one attached hydrogen (secondary N) is 2. The van der Waals surface area contributed by atoms with Gasteiger partial charge < -0.3 is 21.1 Å². The minimum Gasteiger partial charge on any atom is -0.480 e. The molecule has 12 heteroatoms. The molecule has 0 saturated carbocycles. The van der Waals surface area contributed by atoms with Gasteiger partial charge in [-0.15, -0.1) is 0 Å². The summed E-state index contributed by atoms with van der Waals surface area (Å²) in [4.78, 5) is 49.9. The first-order valence-electron chi connectivity index (χ1n) is 12.0. The second kappa shape index (κ2) is 12.8. The lowest BCUT2D eigenvalue weighted by molar-refractivity contribution is -0.143. The van der Waals surface area contributed by atoms with Gasteiger partial charge in [-0.05, 0) is 44.2 Å². The summed E-state index contributed by atoms with van der Waals surface area (Å²) in [6.07, 6.45) is 0.911. The van der Waals surface area contributed by atoms with E-state index < -0.39 is 45.8 Å². The van der Waals surface area contributed by atoms with Crippen LogP contribution in [0.5, 0.6) is 0 Å². The second-order valence-corrected chi connectivity index (χ2v) is 11.0. The van der Waals surface area contributed by atoms with Crippen molar-refractivity contribution in [3.05, 3.63) is 29.8 Å². The fourth-order valence-corrected chi connectivity index (χ4v) is 5.29.